The number of carbonyl (C=O) groups is 1. The summed E-state index contributed by atoms with van der Waals surface area (Å²) in [5.41, 5.74) is 0.435. The number of rotatable bonds is 2. The summed E-state index contributed by atoms with van der Waals surface area (Å²) in [4.78, 5) is 12.1. The molecule has 0 radical (unpaired) electrons. The smallest absolute Gasteiger partial charge is 0.259 e. The molecule has 1 amide bonds. The van der Waals surface area contributed by atoms with E-state index in [1.54, 1.807) is 36.0 Å². The maximum Gasteiger partial charge on any atom is 0.259 e. The van der Waals surface area contributed by atoms with Gasteiger partial charge in [-0.3, -0.25) is 14.7 Å². The van der Waals surface area contributed by atoms with Crippen LogP contribution in [0.4, 0.5) is 5.95 Å². The van der Waals surface area contributed by atoms with Crippen molar-refractivity contribution in [3.8, 4) is 0 Å². The lowest BCUT2D eigenvalue weighted by Gasteiger charge is -2.14. The van der Waals surface area contributed by atoms with Crippen LogP contribution in [0.3, 0.4) is 0 Å². The second-order valence-corrected chi connectivity index (χ2v) is 5.56. The van der Waals surface area contributed by atoms with Gasteiger partial charge in [-0.2, -0.15) is 0 Å². The molecule has 1 N–H and O–H groups in total. The molecular formula is C12H11ClN4OS. The lowest BCUT2D eigenvalue weighted by atomic mass is 10.2. The zero-order chi connectivity index (χ0) is 13.2. The third-order valence-electron chi connectivity index (χ3n) is 2.82. The van der Waals surface area contributed by atoms with Gasteiger partial charge in [-0.15, -0.1) is 10.2 Å². The second-order valence-electron chi connectivity index (χ2n) is 4.09. The van der Waals surface area contributed by atoms with Crippen LogP contribution in [-0.4, -0.2) is 26.4 Å². The molecule has 0 spiro atoms. The zero-order valence-electron chi connectivity index (χ0n) is 9.97. The van der Waals surface area contributed by atoms with Crippen LogP contribution >= 0.6 is 23.4 Å². The summed E-state index contributed by atoms with van der Waals surface area (Å²) in [7, 11) is 0. The highest BCUT2D eigenvalue weighted by Gasteiger charge is 2.19. The van der Waals surface area contributed by atoms with Crippen molar-refractivity contribution in [2.75, 3.05) is 11.1 Å². The summed E-state index contributed by atoms with van der Waals surface area (Å²) in [5.74, 6) is 1.25. The minimum absolute atomic E-state index is 0.267. The van der Waals surface area contributed by atoms with Crippen LogP contribution in [0.5, 0.6) is 0 Å². The van der Waals surface area contributed by atoms with Crippen molar-refractivity contribution in [1.82, 2.24) is 14.8 Å². The highest BCUT2D eigenvalue weighted by molar-refractivity contribution is 7.99. The summed E-state index contributed by atoms with van der Waals surface area (Å²) in [6.07, 6.45) is 1.05. The summed E-state index contributed by atoms with van der Waals surface area (Å²) in [6, 6.07) is 6.93. The molecule has 1 aromatic carbocycles. The SMILES string of the molecule is O=C(Nc1nnc2n1CCCS2)c1ccccc1Cl. The van der Waals surface area contributed by atoms with Crippen molar-refractivity contribution in [1.29, 1.82) is 0 Å². The molecule has 2 heterocycles. The number of amides is 1. The van der Waals surface area contributed by atoms with E-state index in [-0.39, 0.29) is 5.91 Å². The standard InChI is InChI=1S/C12H11ClN4OS/c13-9-5-2-1-4-8(9)10(18)14-11-15-16-12-17(11)6-3-7-19-12/h1-2,4-5H,3,6-7H2,(H,14,15,18). The molecule has 3 rings (SSSR count). The molecule has 98 valence electrons. The Labute approximate surface area is 119 Å². The molecule has 0 unspecified atom stereocenters. The molecule has 0 saturated carbocycles. The van der Waals surface area contributed by atoms with E-state index in [2.05, 4.69) is 15.5 Å². The number of anilines is 1. The van der Waals surface area contributed by atoms with Gasteiger partial charge in [0.15, 0.2) is 5.16 Å². The monoisotopic (exact) mass is 294 g/mol. The van der Waals surface area contributed by atoms with Gasteiger partial charge in [0.1, 0.15) is 0 Å². The Morgan fingerprint density at radius 3 is 3.05 bits per heavy atom. The number of nitrogens with one attached hydrogen (secondary N) is 1. The van der Waals surface area contributed by atoms with E-state index in [0.717, 1.165) is 23.9 Å². The first kappa shape index (κ1) is 12.5. The Morgan fingerprint density at radius 2 is 2.21 bits per heavy atom. The lowest BCUT2D eigenvalue weighted by Crippen LogP contribution is -2.18. The Morgan fingerprint density at radius 1 is 1.37 bits per heavy atom. The zero-order valence-corrected chi connectivity index (χ0v) is 11.5. The molecule has 0 fully saturated rings. The quantitative estimate of drug-likeness (QED) is 0.925. The Hall–Kier alpha value is -1.53. The van der Waals surface area contributed by atoms with E-state index in [0.29, 0.717) is 16.5 Å². The van der Waals surface area contributed by atoms with Crippen molar-refractivity contribution < 1.29 is 4.79 Å². The number of nitrogens with zero attached hydrogens (tertiary/aromatic N) is 3. The van der Waals surface area contributed by atoms with Crippen molar-refractivity contribution in [3.63, 3.8) is 0 Å². The molecule has 0 bridgehead atoms. The van der Waals surface area contributed by atoms with Gasteiger partial charge in [-0.1, -0.05) is 35.5 Å². The number of halogens is 1. The Balaban J connectivity index is 1.84. The largest absolute Gasteiger partial charge is 0.290 e. The molecule has 19 heavy (non-hydrogen) atoms. The van der Waals surface area contributed by atoms with Crippen molar-refractivity contribution in [2.24, 2.45) is 0 Å². The molecular weight excluding hydrogens is 284 g/mol. The van der Waals surface area contributed by atoms with E-state index in [1.165, 1.54) is 0 Å². The maximum absolute atomic E-state index is 12.1. The molecule has 1 aromatic heterocycles. The minimum Gasteiger partial charge on any atom is -0.290 e. The third kappa shape index (κ3) is 2.46. The van der Waals surface area contributed by atoms with Gasteiger partial charge in [0.2, 0.25) is 5.95 Å². The third-order valence-corrected chi connectivity index (χ3v) is 4.20. The van der Waals surface area contributed by atoms with Crippen LogP contribution < -0.4 is 5.32 Å². The van der Waals surface area contributed by atoms with Crippen molar-refractivity contribution >= 4 is 35.2 Å². The van der Waals surface area contributed by atoms with Crippen LogP contribution in [0.1, 0.15) is 16.8 Å². The van der Waals surface area contributed by atoms with E-state index in [9.17, 15) is 4.79 Å². The average molecular weight is 295 g/mol. The van der Waals surface area contributed by atoms with Crippen molar-refractivity contribution in [3.05, 3.63) is 34.9 Å². The molecule has 0 saturated heterocycles. The summed E-state index contributed by atoms with van der Waals surface area (Å²) >= 11 is 7.64. The number of hydrogen-bond donors (Lipinski definition) is 1. The number of benzene rings is 1. The van der Waals surface area contributed by atoms with E-state index in [4.69, 9.17) is 11.6 Å². The molecule has 1 aliphatic rings. The van der Waals surface area contributed by atoms with Crippen molar-refractivity contribution in [2.45, 2.75) is 18.1 Å². The van der Waals surface area contributed by atoms with E-state index in [1.807, 2.05) is 4.57 Å². The van der Waals surface area contributed by atoms with Gasteiger partial charge in [0.25, 0.3) is 5.91 Å². The molecule has 7 heteroatoms. The summed E-state index contributed by atoms with van der Waals surface area (Å²) in [5, 5.41) is 12.1. The van der Waals surface area contributed by atoms with Crippen LogP contribution in [0, 0.1) is 0 Å². The molecule has 2 aromatic rings. The molecule has 0 atom stereocenters. The number of aromatic nitrogens is 3. The highest BCUT2D eigenvalue weighted by Crippen LogP contribution is 2.26. The Bertz CT molecular complexity index is 628. The minimum atomic E-state index is -0.267. The predicted octanol–water partition coefficient (Wildman–Crippen LogP) is 2.68. The van der Waals surface area contributed by atoms with Gasteiger partial charge in [-0.25, -0.2) is 0 Å². The van der Waals surface area contributed by atoms with Gasteiger partial charge in [0.05, 0.1) is 10.6 Å². The summed E-state index contributed by atoms with van der Waals surface area (Å²) < 4.78 is 1.92. The van der Waals surface area contributed by atoms with Gasteiger partial charge < -0.3 is 0 Å². The Kier molecular flexibility index (Phi) is 3.44. The number of hydrogen-bond acceptors (Lipinski definition) is 4. The van der Waals surface area contributed by atoms with Crippen LogP contribution in [0.2, 0.25) is 5.02 Å². The fourth-order valence-electron chi connectivity index (χ4n) is 1.89. The number of thioether (sulfide) groups is 1. The first-order valence-corrected chi connectivity index (χ1v) is 7.24. The maximum atomic E-state index is 12.1. The van der Waals surface area contributed by atoms with Crippen LogP contribution in [0.25, 0.3) is 0 Å². The lowest BCUT2D eigenvalue weighted by molar-refractivity contribution is 0.102. The highest BCUT2D eigenvalue weighted by atomic mass is 35.5. The fourth-order valence-corrected chi connectivity index (χ4v) is 3.00. The summed E-state index contributed by atoms with van der Waals surface area (Å²) in [6.45, 7) is 0.827. The molecule has 0 aliphatic carbocycles. The van der Waals surface area contributed by atoms with E-state index >= 15 is 0 Å². The molecule has 5 nitrogen and oxygen atoms in total. The topological polar surface area (TPSA) is 59.8 Å². The first-order chi connectivity index (χ1) is 9.25. The van der Waals surface area contributed by atoms with Gasteiger partial charge in [-0.05, 0) is 18.6 Å². The number of fused-ring (bicyclic) bond motifs is 1. The number of carbonyl (C=O) groups excluding carboxylic acids is 1. The second kappa shape index (κ2) is 5.22. The first-order valence-electron chi connectivity index (χ1n) is 5.87. The molecule has 1 aliphatic heterocycles. The van der Waals surface area contributed by atoms with Gasteiger partial charge in [0, 0.05) is 12.3 Å². The van der Waals surface area contributed by atoms with Gasteiger partial charge >= 0.3 is 0 Å². The fraction of sp³-hybridized carbons (Fsp3) is 0.250. The average Bonchev–Trinajstić information content (AvgIpc) is 2.83. The predicted molar refractivity (Wildman–Crippen MR) is 74.8 cm³/mol. The van der Waals surface area contributed by atoms with Crippen LogP contribution in [0.15, 0.2) is 29.4 Å². The normalized spacial score (nSPS) is 13.9. The van der Waals surface area contributed by atoms with Crippen LogP contribution in [-0.2, 0) is 6.54 Å². The van der Waals surface area contributed by atoms with E-state index < -0.39 is 0 Å².